The second-order valence-corrected chi connectivity index (χ2v) is 5.61. The molecule has 0 radical (unpaired) electrons. The first-order valence-electron chi connectivity index (χ1n) is 7.94. The standard InChI is InChI=1S/C18H21N3O4/c1-21(12-13-6-3-2-4-7-13)18(25)15-10-14(11-20-17(15)24)16(23)19-8-5-9-22/h2-4,6-7,10-11,22H,5,8-9,12H2,1H3,(H,19,23)(H,20,24). The smallest absolute Gasteiger partial charge is 0.260 e. The number of aliphatic hydroxyl groups excluding tert-OH is 1. The minimum absolute atomic E-state index is 0.0279. The van der Waals surface area contributed by atoms with Crippen LogP contribution in [0, 0.1) is 0 Å². The van der Waals surface area contributed by atoms with Crippen LogP contribution in [-0.2, 0) is 6.54 Å². The third kappa shape index (κ3) is 5.02. The molecular formula is C18H21N3O4. The lowest BCUT2D eigenvalue weighted by Gasteiger charge is -2.17. The molecule has 7 nitrogen and oxygen atoms in total. The lowest BCUT2D eigenvalue weighted by molar-refractivity contribution is 0.0783. The Balaban J connectivity index is 2.14. The molecule has 0 aliphatic carbocycles. The van der Waals surface area contributed by atoms with Crippen LogP contribution in [0.15, 0.2) is 47.4 Å². The van der Waals surface area contributed by atoms with Crippen LogP contribution in [0.1, 0.15) is 32.7 Å². The van der Waals surface area contributed by atoms with Crippen LogP contribution in [0.2, 0.25) is 0 Å². The van der Waals surface area contributed by atoms with Crippen LogP contribution in [0.25, 0.3) is 0 Å². The molecule has 0 bridgehead atoms. The molecule has 0 saturated heterocycles. The summed E-state index contributed by atoms with van der Waals surface area (Å²) in [5.74, 6) is -0.875. The van der Waals surface area contributed by atoms with Crippen molar-refractivity contribution in [2.75, 3.05) is 20.2 Å². The Bertz CT molecular complexity index is 786. The van der Waals surface area contributed by atoms with E-state index in [0.29, 0.717) is 19.5 Å². The highest BCUT2D eigenvalue weighted by Crippen LogP contribution is 2.07. The number of H-pyrrole nitrogens is 1. The number of nitrogens with zero attached hydrogens (tertiary/aromatic N) is 1. The van der Waals surface area contributed by atoms with E-state index in [-0.39, 0.29) is 17.7 Å². The third-order valence-corrected chi connectivity index (χ3v) is 3.63. The number of carbonyl (C=O) groups excluding carboxylic acids is 2. The molecule has 0 unspecified atom stereocenters. The van der Waals surface area contributed by atoms with Gasteiger partial charge >= 0.3 is 0 Å². The highest BCUT2D eigenvalue weighted by atomic mass is 16.3. The second-order valence-electron chi connectivity index (χ2n) is 5.61. The SMILES string of the molecule is CN(Cc1ccccc1)C(=O)c1cc(C(=O)NCCCO)c[nH]c1=O. The van der Waals surface area contributed by atoms with Gasteiger partial charge in [-0.2, -0.15) is 0 Å². The number of rotatable bonds is 7. The van der Waals surface area contributed by atoms with E-state index >= 15 is 0 Å². The van der Waals surface area contributed by atoms with E-state index in [1.807, 2.05) is 30.3 Å². The van der Waals surface area contributed by atoms with Crippen LogP contribution in [0.4, 0.5) is 0 Å². The van der Waals surface area contributed by atoms with Gasteiger partial charge in [0.2, 0.25) is 0 Å². The van der Waals surface area contributed by atoms with E-state index < -0.39 is 17.4 Å². The van der Waals surface area contributed by atoms with E-state index in [2.05, 4.69) is 10.3 Å². The molecule has 0 spiro atoms. The zero-order valence-corrected chi connectivity index (χ0v) is 14.0. The summed E-state index contributed by atoms with van der Waals surface area (Å²) in [6.07, 6.45) is 1.70. The fraction of sp³-hybridized carbons (Fsp3) is 0.278. The van der Waals surface area contributed by atoms with Gasteiger partial charge in [0, 0.05) is 32.9 Å². The number of hydrogen-bond donors (Lipinski definition) is 3. The van der Waals surface area contributed by atoms with E-state index in [4.69, 9.17) is 5.11 Å². The Morgan fingerprint density at radius 2 is 1.96 bits per heavy atom. The normalized spacial score (nSPS) is 10.3. The summed E-state index contributed by atoms with van der Waals surface area (Å²) in [6, 6.07) is 10.7. The number of aliphatic hydroxyl groups is 1. The van der Waals surface area contributed by atoms with Crippen molar-refractivity contribution >= 4 is 11.8 Å². The van der Waals surface area contributed by atoms with Crippen molar-refractivity contribution in [1.82, 2.24) is 15.2 Å². The number of pyridine rings is 1. The lowest BCUT2D eigenvalue weighted by atomic mass is 10.1. The van der Waals surface area contributed by atoms with Gasteiger partial charge in [0.05, 0.1) is 5.56 Å². The van der Waals surface area contributed by atoms with Gasteiger partial charge in [-0.1, -0.05) is 30.3 Å². The molecule has 0 aliphatic rings. The van der Waals surface area contributed by atoms with Crippen molar-refractivity contribution in [2.45, 2.75) is 13.0 Å². The van der Waals surface area contributed by atoms with Gasteiger partial charge in [-0.05, 0) is 18.1 Å². The molecule has 0 atom stereocenters. The first-order chi connectivity index (χ1) is 12.0. The van der Waals surface area contributed by atoms with Gasteiger partial charge in [-0.3, -0.25) is 14.4 Å². The minimum atomic E-state index is -0.545. The molecule has 1 aromatic heterocycles. The zero-order chi connectivity index (χ0) is 18.2. The molecule has 1 heterocycles. The monoisotopic (exact) mass is 343 g/mol. The van der Waals surface area contributed by atoms with Crippen molar-refractivity contribution in [1.29, 1.82) is 0 Å². The first kappa shape index (κ1) is 18.4. The van der Waals surface area contributed by atoms with Crippen LogP contribution >= 0.6 is 0 Å². The summed E-state index contributed by atoms with van der Waals surface area (Å²) in [6.45, 7) is 0.637. The summed E-state index contributed by atoms with van der Waals surface area (Å²) in [5.41, 5.74) is 0.492. The van der Waals surface area contributed by atoms with Gasteiger partial charge in [-0.25, -0.2) is 0 Å². The van der Waals surface area contributed by atoms with Gasteiger partial charge in [0.1, 0.15) is 5.56 Å². The quantitative estimate of drug-likeness (QED) is 0.646. The number of aromatic nitrogens is 1. The predicted molar refractivity (Wildman–Crippen MR) is 93.3 cm³/mol. The van der Waals surface area contributed by atoms with Gasteiger partial charge < -0.3 is 20.3 Å². The zero-order valence-electron chi connectivity index (χ0n) is 14.0. The van der Waals surface area contributed by atoms with E-state index in [1.54, 1.807) is 7.05 Å². The number of amides is 2. The minimum Gasteiger partial charge on any atom is -0.396 e. The molecule has 7 heteroatoms. The maximum Gasteiger partial charge on any atom is 0.260 e. The number of nitrogens with one attached hydrogen (secondary N) is 2. The molecule has 0 aliphatic heterocycles. The Labute approximate surface area is 145 Å². The van der Waals surface area contributed by atoms with Crippen LogP contribution in [0.5, 0.6) is 0 Å². The molecule has 1 aromatic carbocycles. The average Bonchev–Trinajstić information content (AvgIpc) is 2.62. The molecule has 0 saturated carbocycles. The molecule has 132 valence electrons. The number of benzene rings is 1. The molecule has 3 N–H and O–H groups in total. The van der Waals surface area contributed by atoms with E-state index in [0.717, 1.165) is 5.56 Å². The Kier molecular flexibility index (Phi) is 6.47. The molecular weight excluding hydrogens is 322 g/mol. The molecule has 2 rings (SSSR count). The molecule has 0 fully saturated rings. The van der Waals surface area contributed by atoms with E-state index in [9.17, 15) is 14.4 Å². The maximum atomic E-state index is 12.5. The number of hydrogen-bond acceptors (Lipinski definition) is 4. The summed E-state index contributed by atoms with van der Waals surface area (Å²) in [5, 5.41) is 11.3. The largest absolute Gasteiger partial charge is 0.396 e. The second kappa shape index (κ2) is 8.79. The van der Waals surface area contributed by atoms with Crippen LogP contribution in [-0.4, -0.2) is 47.0 Å². The number of carbonyl (C=O) groups is 2. The summed E-state index contributed by atoms with van der Waals surface area (Å²) in [4.78, 5) is 40.4. The Morgan fingerprint density at radius 1 is 1.24 bits per heavy atom. The van der Waals surface area contributed by atoms with Gasteiger partial charge in [0.25, 0.3) is 17.4 Å². The Morgan fingerprint density at radius 3 is 2.64 bits per heavy atom. The van der Waals surface area contributed by atoms with Crippen molar-refractivity contribution in [3.63, 3.8) is 0 Å². The molecule has 2 aromatic rings. The molecule has 25 heavy (non-hydrogen) atoms. The number of aromatic amines is 1. The predicted octanol–water partition coefficient (Wildman–Crippen LogP) is 0.759. The maximum absolute atomic E-state index is 12.5. The summed E-state index contributed by atoms with van der Waals surface area (Å²) in [7, 11) is 1.60. The van der Waals surface area contributed by atoms with E-state index in [1.165, 1.54) is 17.2 Å². The van der Waals surface area contributed by atoms with Gasteiger partial charge in [-0.15, -0.1) is 0 Å². The van der Waals surface area contributed by atoms with Crippen LogP contribution < -0.4 is 10.9 Å². The Hall–Kier alpha value is -2.93. The fourth-order valence-corrected chi connectivity index (χ4v) is 2.29. The van der Waals surface area contributed by atoms with Crippen molar-refractivity contribution in [3.8, 4) is 0 Å². The third-order valence-electron chi connectivity index (χ3n) is 3.63. The summed E-state index contributed by atoms with van der Waals surface area (Å²) >= 11 is 0. The van der Waals surface area contributed by atoms with Crippen molar-refractivity contribution in [2.24, 2.45) is 0 Å². The van der Waals surface area contributed by atoms with Gasteiger partial charge in [0.15, 0.2) is 0 Å². The highest BCUT2D eigenvalue weighted by molar-refractivity contribution is 5.99. The van der Waals surface area contributed by atoms with Crippen molar-refractivity contribution in [3.05, 3.63) is 69.6 Å². The van der Waals surface area contributed by atoms with Crippen molar-refractivity contribution < 1.29 is 14.7 Å². The lowest BCUT2D eigenvalue weighted by Crippen LogP contribution is -2.32. The average molecular weight is 343 g/mol. The fourth-order valence-electron chi connectivity index (χ4n) is 2.29. The summed E-state index contributed by atoms with van der Waals surface area (Å²) < 4.78 is 0. The highest BCUT2D eigenvalue weighted by Gasteiger charge is 2.18. The van der Waals surface area contributed by atoms with Crippen LogP contribution in [0.3, 0.4) is 0 Å². The topological polar surface area (TPSA) is 102 Å². The first-order valence-corrected chi connectivity index (χ1v) is 7.94. The molecule has 2 amide bonds.